The molecule has 0 spiro atoms. The molecule has 0 aliphatic heterocycles. The Morgan fingerprint density at radius 1 is 1.27 bits per heavy atom. The molecule has 1 aromatic carbocycles. The van der Waals surface area contributed by atoms with Gasteiger partial charge in [0.25, 0.3) is 0 Å². The summed E-state index contributed by atoms with van der Waals surface area (Å²) in [5.74, 6) is 0. The normalized spacial score (nSPS) is 9.93. The Balaban J connectivity index is 0.000000336. The summed E-state index contributed by atoms with van der Waals surface area (Å²) < 4.78 is 41.0. The first-order valence-electron chi connectivity index (χ1n) is 3.41. The quantitative estimate of drug-likeness (QED) is 0.267. The van der Waals surface area contributed by atoms with E-state index in [1.165, 1.54) is 0 Å². The van der Waals surface area contributed by atoms with Crippen LogP contribution in [-0.4, -0.2) is 7.25 Å². The maximum Gasteiger partial charge on any atom is 0.673 e. The van der Waals surface area contributed by atoms with Crippen LogP contribution in [0.2, 0.25) is 0 Å². The van der Waals surface area contributed by atoms with Crippen molar-refractivity contribution >= 4 is 51.5 Å². The molecule has 0 N–H and O–H groups in total. The van der Waals surface area contributed by atoms with E-state index in [-0.39, 0.29) is 0 Å². The van der Waals surface area contributed by atoms with Crippen molar-refractivity contribution in [3.63, 3.8) is 0 Å². The van der Waals surface area contributed by atoms with Gasteiger partial charge in [0.05, 0.1) is 0 Å². The summed E-state index contributed by atoms with van der Waals surface area (Å²) in [5, 5.41) is 8.35. The van der Waals surface area contributed by atoms with Gasteiger partial charge in [-0.1, -0.05) is 0 Å². The van der Waals surface area contributed by atoms with Crippen LogP contribution in [0, 0.1) is 8.96 Å². The summed E-state index contributed by atoms with van der Waals surface area (Å²) in [6, 6.07) is 5.37. The highest BCUT2D eigenvalue weighted by Gasteiger charge is 2.20. The van der Waals surface area contributed by atoms with Gasteiger partial charge in [-0.05, 0) is 44.6 Å². The van der Waals surface area contributed by atoms with E-state index >= 15 is 0 Å². The monoisotopic (exact) mass is 396 g/mol. The third-order valence-electron chi connectivity index (χ3n) is 1.02. The molecule has 0 fully saturated rings. The van der Waals surface area contributed by atoms with Crippen molar-refractivity contribution in [2.75, 3.05) is 0 Å². The van der Waals surface area contributed by atoms with Gasteiger partial charge in [-0.2, -0.15) is 0 Å². The number of nitrogens with zero attached hydrogens (tertiary/aromatic N) is 2. The van der Waals surface area contributed by atoms with Gasteiger partial charge in [-0.3, -0.25) is 0 Å². The summed E-state index contributed by atoms with van der Waals surface area (Å²) in [6.45, 7) is 0. The maximum atomic E-state index is 9.75. The van der Waals surface area contributed by atoms with Gasteiger partial charge >= 0.3 is 12.9 Å². The lowest BCUT2D eigenvalue weighted by Gasteiger charge is -1.94. The first-order valence-corrected chi connectivity index (χ1v) is 5.28. The maximum absolute atomic E-state index is 9.75. The smallest absolute Gasteiger partial charge is 0.418 e. The average Bonchev–Trinajstić information content (AvgIpc) is 2.07. The van der Waals surface area contributed by atoms with E-state index in [1.54, 1.807) is 12.1 Å². The minimum Gasteiger partial charge on any atom is -0.418 e. The van der Waals surface area contributed by atoms with E-state index in [9.17, 15) is 17.3 Å². The zero-order chi connectivity index (χ0) is 12.1. The summed E-state index contributed by atoms with van der Waals surface area (Å²) >= 11 is 5.50. The molecule has 0 amide bonds. The van der Waals surface area contributed by atoms with Crippen LogP contribution >= 0.6 is 38.5 Å². The van der Waals surface area contributed by atoms with Gasteiger partial charge in [-0.15, -0.1) is 0 Å². The van der Waals surface area contributed by atoms with Crippen LogP contribution in [0.4, 0.5) is 23.0 Å². The number of hydrogen-bond acceptors (Lipinski definition) is 1. The molecule has 0 saturated heterocycles. The number of benzene rings is 1. The second kappa shape index (κ2) is 6.27. The molecule has 0 bridgehead atoms. The SMILES string of the molecule is F[B-](F)(F)F.N#[N+]c1ccc(I)c(Br)c1. The number of diazo groups is 1. The summed E-state index contributed by atoms with van der Waals surface area (Å²) in [7, 11) is -6.00. The predicted octanol–water partition coefficient (Wildman–Crippen LogP) is 4.84. The molecular formula is C6H3BBrF4IN2. The van der Waals surface area contributed by atoms with Crippen LogP contribution < -0.4 is 0 Å². The Hall–Kier alpha value is -0.365. The van der Waals surface area contributed by atoms with Gasteiger partial charge < -0.3 is 17.3 Å². The van der Waals surface area contributed by atoms with E-state index in [0.29, 0.717) is 5.69 Å². The second-order valence-electron chi connectivity index (χ2n) is 2.19. The van der Waals surface area contributed by atoms with Crippen LogP contribution in [0.15, 0.2) is 22.7 Å². The minimum absolute atomic E-state index is 0.562. The van der Waals surface area contributed by atoms with Crippen LogP contribution in [0.3, 0.4) is 0 Å². The second-order valence-corrected chi connectivity index (χ2v) is 4.21. The molecule has 0 radical (unpaired) electrons. The van der Waals surface area contributed by atoms with Crippen molar-refractivity contribution in [2.24, 2.45) is 0 Å². The van der Waals surface area contributed by atoms with Crippen LogP contribution in [0.25, 0.3) is 4.98 Å². The van der Waals surface area contributed by atoms with Crippen molar-refractivity contribution in [2.45, 2.75) is 0 Å². The third kappa shape index (κ3) is 8.62. The van der Waals surface area contributed by atoms with E-state index in [1.807, 2.05) is 6.07 Å². The molecule has 15 heavy (non-hydrogen) atoms. The van der Waals surface area contributed by atoms with Crippen molar-refractivity contribution in [1.29, 1.82) is 5.39 Å². The molecule has 2 nitrogen and oxygen atoms in total. The van der Waals surface area contributed by atoms with E-state index in [4.69, 9.17) is 5.39 Å². The number of rotatable bonds is 0. The highest BCUT2D eigenvalue weighted by atomic mass is 127. The van der Waals surface area contributed by atoms with Gasteiger partial charge in [0, 0.05) is 20.2 Å². The zero-order valence-corrected chi connectivity index (χ0v) is 10.7. The lowest BCUT2D eigenvalue weighted by atomic mass is 10.3. The number of hydrogen-bond donors (Lipinski definition) is 0. The first-order chi connectivity index (χ1) is 6.74. The van der Waals surface area contributed by atoms with Gasteiger partial charge in [0.1, 0.15) is 0 Å². The Kier molecular flexibility index (Phi) is 6.12. The Labute approximate surface area is 105 Å². The molecule has 1 rings (SSSR count). The Morgan fingerprint density at radius 2 is 1.73 bits per heavy atom. The molecule has 0 aliphatic carbocycles. The van der Waals surface area contributed by atoms with Crippen molar-refractivity contribution in [1.82, 2.24) is 0 Å². The Morgan fingerprint density at radius 3 is 2.07 bits per heavy atom. The lowest BCUT2D eigenvalue weighted by Crippen LogP contribution is -2.02. The average molecular weight is 397 g/mol. The fourth-order valence-electron chi connectivity index (χ4n) is 0.547. The van der Waals surface area contributed by atoms with Crippen molar-refractivity contribution in [3.8, 4) is 0 Å². The molecular weight excluding hydrogens is 394 g/mol. The molecule has 9 heteroatoms. The topological polar surface area (TPSA) is 28.1 Å². The Bertz CT molecular complexity index is 372. The largest absolute Gasteiger partial charge is 0.673 e. The fourth-order valence-corrected chi connectivity index (χ4v) is 1.25. The minimum atomic E-state index is -6.00. The van der Waals surface area contributed by atoms with E-state index in [2.05, 4.69) is 43.5 Å². The standard InChI is InChI=1S/C6H3BrIN2.BF4/c7-5-3-4(10-9)1-2-6(5)8;2-1(3,4)5/h1-3H;/q+1;-1. The fraction of sp³-hybridized carbons (Fsp3) is 0. The van der Waals surface area contributed by atoms with Crippen LogP contribution in [-0.2, 0) is 0 Å². The molecule has 1 aromatic rings. The molecule has 0 atom stereocenters. The highest BCUT2D eigenvalue weighted by molar-refractivity contribution is 14.1. The molecule has 0 heterocycles. The number of halogens is 6. The summed E-state index contributed by atoms with van der Waals surface area (Å²) in [5.41, 5.74) is 0.562. The van der Waals surface area contributed by atoms with Gasteiger partial charge in [0.2, 0.25) is 5.39 Å². The van der Waals surface area contributed by atoms with E-state index in [0.717, 1.165) is 8.04 Å². The molecule has 0 aromatic heterocycles. The molecule has 0 aliphatic rings. The first kappa shape index (κ1) is 14.6. The van der Waals surface area contributed by atoms with E-state index < -0.39 is 7.25 Å². The van der Waals surface area contributed by atoms with Crippen molar-refractivity contribution in [3.05, 3.63) is 31.2 Å². The summed E-state index contributed by atoms with van der Waals surface area (Å²) in [6.07, 6.45) is 0. The molecule has 0 saturated carbocycles. The van der Waals surface area contributed by atoms with Gasteiger partial charge in [-0.25, -0.2) is 0 Å². The van der Waals surface area contributed by atoms with Crippen LogP contribution in [0.1, 0.15) is 0 Å². The zero-order valence-electron chi connectivity index (χ0n) is 6.97. The van der Waals surface area contributed by atoms with Gasteiger partial charge in [0.15, 0.2) is 4.98 Å². The summed E-state index contributed by atoms with van der Waals surface area (Å²) in [4.78, 5) is 3.04. The van der Waals surface area contributed by atoms with Crippen molar-refractivity contribution < 1.29 is 17.3 Å². The highest BCUT2D eigenvalue weighted by Crippen LogP contribution is 2.24. The molecule has 82 valence electrons. The molecule has 0 unspecified atom stereocenters. The predicted molar refractivity (Wildman–Crippen MR) is 61.8 cm³/mol. The third-order valence-corrected chi connectivity index (χ3v) is 3.36. The van der Waals surface area contributed by atoms with Crippen LogP contribution in [0.5, 0.6) is 0 Å². The lowest BCUT2D eigenvalue weighted by molar-refractivity contribution is 0.368.